The number of amides is 2. The third-order valence-corrected chi connectivity index (χ3v) is 4.91. The average Bonchev–Trinajstić information content (AvgIpc) is 3.10. The molecule has 2 amide bonds. The Morgan fingerprint density at radius 3 is 2.62 bits per heavy atom. The van der Waals surface area contributed by atoms with Gasteiger partial charge >= 0.3 is 0 Å². The molecule has 0 aliphatic heterocycles. The molecule has 2 heterocycles. The third kappa shape index (κ3) is 4.51. The first kappa shape index (κ1) is 21.5. The van der Waals surface area contributed by atoms with Gasteiger partial charge in [-0.2, -0.15) is 5.10 Å². The van der Waals surface area contributed by atoms with Crippen LogP contribution in [0.2, 0.25) is 10.0 Å². The van der Waals surface area contributed by atoms with E-state index in [2.05, 4.69) is 15.4 Å². The summed E-state index contributed by atoms with van der Waals surface area (Å²) in [6.07, 6.45) is 1.53. The van der Waals surface area contributed by atoms with Crippen LogP contribution < -0.4 is 22.3 Å². The van der Waals surface area contributed by atoms with Crippen LogP contribution >= 0.6 is 45.8 Å². The summed E-state index contributed by atoms with van der Waals surface area (Å²) in [6, 6.07) is 7.80. The summed E-state index contributed by atoms with van der Waals surface area (Å²) >= 11 is 14.2. The zero-order valence-corrected chi connectivity index (χ0v) is 18.3. The highest BCUT2D eigenvalue weighted by molar-refractivity contribution is 14.1. The van der Waals surface area contributed by atoms with Gasteiger partial charge in [0.15, 0.2) is 5.82 Å². The summed E-state index contributed by atoms with van der Waals surface area (Å²) in [4.78, 5) is 29.4. The Balaban J connectivity index is 2.07. The number of pyridine rings is 1. The van der Waals surface area contributed by atoms with E-state index in [1.54, 1.807) is 24.3 Å². The van der Waals surface area contributed by atoms with Crippen LogP contribution in [0.25, 0.3) is 5.82 Å². The molecule has 2 aromatic heterocycles. The van der Waals surface area contributed by atoms with Gasteiger partial charge in [-0.15, -0.1) is 0 Å². The fourth-order valence-electron chi connectivity index (χ4n) is 2.61. The number of anilines is 1. The van der Waals surface area contributed by atoms with E-state index in [-0.39, 0.29) is 34.3 Å². The number of halogens is 3. The van der Waals surface area contributed by atoms with E-state index in [1.165, 1.54) is 16.9 Å². The van der Waals surface area contributed by atoms with E-state index < -0.39 is 11.8 Å². The molecule has 6 N–H and O–H groups in total. The maximum atomic E-state index is 13.1. The molecule has 0 unspecified atom stereocenters. The topological polar surface area (TPSA) is 141 Å². The summed E-state index contributed by atoms with van der Waals surface area (Å²) in [5, 5.41) is 7.59. The largest absolute Gasteiger partial charge is 0.326 e. The fourth-order valence-corrected chi connectivity index (χ4v) is 3.57. The van der Waals surface area contributed by atoms with Crippen LogP contribution in [0.1, 0.15) is 26.4 Å². The standard InChI is InChI=1S/C17H14Cl2IN7O2/c18-9-4-8(7-21)14(10(5-9)16(28)25-22)24-17(29)12-6-13(20)26-27(12)15-11(19)2-1-3-23-15/h1-6H,7,21-22H2,(H,24,29)(H,25,28). The third-order valence-electron chi connectivity index (χ3n) is 3.87. The quantitative estimate of drug-likeness (QED) is 0.168. The first-order valence-corrected chi connectivity index (χ1v) is 9.90. The van der Waals surface area contributed by atoms with Gasteiger partial charge in [0.1, 0.15) is 9.39 Å². The van der Waals surface area contributed by atoms with Gasteiger partial charge in [-0.25, -0.2) is 15.5 Å². The van der Waals surface area contributed by atoms with Crippen LogP contribution in [0.15, 0.2) is 36.5 Å². The van der Waals surface area contributed by atoms with Gasteiger partial charge in [-0.05, 0) is 52.4 Å². The summed E-state index contributed by atoms with van der Waals surface area (Å²) in [6.45, 7) is 0.0316. The summed E-state index contributed by atoms with van der Waals surface area (Å²) < 4.78 is 1.87. The van der Waals surface area contributed by atoms with Crippen molar-refractivity contribution in [3.8, 4) is 5.82 Å². The maximum Gasteiger partial charge on any atom is 0.274 e. The lowest BCUT2D eigenvalue weighted by molar-refractivity contribution is 0.0954. The minimum Gasteiger partial charge on any atom is -0.326 e. The van der Waals surface area contributed by atoms with Crippen molar-refractivity contribution in [2.45, 2.75) is 6.54 Å². The first-order valence-electron chi connectivity index (χ1n) is 8.07. The van der Waals surface area contributed by atoms with Gasteiger partial charge in [0.25, 0.3) is 11.8 Å². The van der Waals surface area contributed by atoms with E-state index in [4.69, 9.17) is 34.8 Å². The number of aromatic nitrogens is 3. The molecular weight excluding hydrogens is 532 g/mol. The van der Waals surface area contributed by atoms with Gasteiger partial charge < -0.3 is 11.1 Å². The number of hydrogen-bond acceptors (Lipinski definition) is 6. The van der Waals surface area contributed by atoms with Crippen molar-refractivity contribution in [3.05, 3.63) is 67.1 Å². The Bertz CT molecular complexity index is 1100. The molecule has 3 aromatic rings. The number of nitrogens with one attached hydrogen (secondary N) is 2. The van der Waals surface area contributed by atoms with Gasteiger partial charge in [0, 0.05) is 23.8 Å². The number of carbonyl (C=O) groups is 2. The SMILES string of the molecule is NCc1cc(Cl)cc(C(=O)NN)c1NC(=O)c1cc(I)nn1-c1ncccc1Cl. The summed E-state index contributed by atoms with van der Waals surface area (Å²) in [5.74, 6) is 4.36. The van der Waals surface area contributed by atoms with Crippen molar-refractivity contribution >= 4 is 63.3 Å². The van der Waals surface area contributed by atoms with Crippen molar-refractivity contribution in [2.24, 2.45) is 11.6 Å². The minimum atomic E-state index is -0.631. The Morgan fingerprint density at radius 2 is 1.97 bits per heavy atom. The van der Waals surface area contributed by atoms with Gasteiger partial charge in [-0.1, -0.05) is 23.2 Å². The van der Waals surface area contributed by atoms with Gasteiger partial charge in [-0.3, -0.25) is 15.0 Å². The van der Waals surface area contributed by atoms with Crippen molar-refractivity contribution in [3.63, 3.8) is 0 Å². The molecule has 0 aliphatic carbocycles. The second-order valence-corrected chi connectivity index (χ2v) is 7.64. The van der Waals surface area contributed by atoms with E-state index in [9.17, 15) is 9.59 Å². The number of nitrogens with zero attached hydrogens (tertiary/aromatic N) is 3. The average molecular weight is 546 g/mol. The van der Waals surface area contributed by atoms with Crippen LogP contribution in [0.4, 0.5) is 5.69 Å². The lowest BCUT2D eigenvalue weighted by atomic mass is 10.1. The van der Waals surface area contributed by atoms with Crippen LogP contribution in [-0.2, 0) is 6.54 Å². The Labute approximate surface area is 188 Å². The lowest BCUT2D eigenvalue weighted by Crippen LogP contribution is -2.31. The van der Waals surface area contributed by atoms with E-state index >= 15 is 0 Å². The van der Waals surface area contributed by atoms with Crippen molar-refractivity contribution in [1.29, 1.82) is 0 Å². The first-order chi connectivity index (χ1) is 13.8. The molecule has 29 heavy (non-hydrogen) atoms. The monoisotopic (exact) mass is 545 g/mol. The van der Waals surface area contributed by atoms with Crippen LogP contribution in [-0.4, -0.2) is 26.6 Å². The molecule has 0 saturated carbocycles. The predicted octanol–water partition coefficient (Wildman–Crippen LogP) is 2.49. The predicted molar refractivity (Wildman–Crippen MR) is 118 cm³/mol. The second-order valence-electron chi connectivity index (χ2n) is 5.69. The summed E-state index contributed by atoms with van der Waals surface area (Å²) in [5.41, 5.74) is 8.68. The fraction of sp³-hybridized carbons (Fsp3) is 0.0588. The van der Waals surface area contributed by atoms with E-state index in [0.29, 0.717) is 14.3 Å². The second kappa shape index (κ2) is 9.05. The number of nitrogens with two attached hydrogens (primary N) is 2. The number of nitrogen functional groups attached to an aromatic ring is 1. The Kier molecular flexibility index (Phi) is 6.70. The minimum absolute atomic E-state index is 0.0316. The molecule has 0 saturated heterocycles. The molecule has 12 heteroatoms. The highest BCUT2D eigenvalue weighted by Crippen LogP contribution is 2.27. The van der Waals surface area contributed by atoms with Crippen LogP contribution in [0.5, 0.6) is 0 Å². The molecular formula is C17H14Cl2IN7O2. The highest BCUT2D eigenvalue weighted by atomic mass is 127. The van der Waals surface area contributed by atoms with Crippen LogP contribution in [0.3, 0.4) is 0 Å². The van der Waals surface area contributed by atoms with Crippen LogP contribution in [0, 0.1) is 3.70 Å². The van der Waals surface area contributed by atoms with E-state index in [1.807, 2.05) is 28.0 Å². The molecule has 0 bridgehead atoms. The number of carbonyl (C=O) groups excluding carboxylic acids is 2. The molecule has 3 rings (SSSR count). The molecule has 0 atom stereocenters. The lowest BCUT2D eigenvalue weighted by Gasteiger charge is -2.15. The number of rotatable bonds is 5. The molecule has 9 nitrogen and oxygen atoms in total. The summed E-state index contributed by atoms with van der Waals surface area (Å²) in [7, 11) is 0. The molecule has 0 aliphatic rings. The molecule has 0 spiro atoms. The van der Waals surface area contributed by atoms with Gasteiger partial charge in [0.05, 0.1) is 16.3 Å². The zero-order chi connectivity index (χ0) is 21.1. The molecule has 150 valence electrons. The Morgan fingerprint density at radius 1 is 1.21 bits per heavy atom. The van der Waals surface area contributed by atoms with Gasteiger partial charge in [0.2, 0.25) is 0 Å². The molecule has 0 radical (unpaired) electrons. The Hall–Kier alpha value is -2.25. The van der Waals surface area contributed by atoms with Crippen molar-refractivity contribution < 1.29 is 9.59 Å². The number of hydrogen-bond donors (Lipinski definition) is 4. The maximum absolute atomic E-state index is 13.1. The smallest absolute Gasteiger partial charge is 0.274 e. The number of benzene rings is 1. The van der Waals surface area contributed by atoms with Crippen molar-refractivity contribution in [2.75, 3.05) is 5.32 Å². The zero-order valence-electron chi connectivity index (χ0n) is 14.6. The van der Waals surface area contributed by atoms with E-state index in [0.717, 1.165) is 0 Å². The molecule has 0 fully saturated rings. The van der Waals surface area contributed by atoms with Crippen molar-refractivity contribution in [1.82, 2.24) is 20.2 Å². The number of hydrazine groups is 1. The highest BCUT2D eigenvalue weighted by Gasteiger charge is 2.22. The molecule has 1 aromatic carbocycles. The normalized spacial score (nSPS) is 10.7.